The molecule has 0 unspecified atom stereocenters. The zero-order valence-corrected chi connectivity index (χ0v) is 16.4. The van der Waals surface area contributed by atoms with Crippen LogP contribution in [0.2, 0.25) is 0 Å². The molecule has 1 saturated heterocycles. The van der Waals surface area contributed by atoms with Crippen molar-refractivity contribution in [3.8, 4) is 5.75 Å². The molecule has 3 rings (SSSR count). The van der Waals surface area contributed by atoms with Gasteiger partial charge in [0.1, 0.15) is 5.75 Å². The third-order valence-electron chi connectivity index (χ3n) is 4.87. The highest BCUT2D eigenvalue weighted by molar-refractivity contribution is 6.00. The highest BCUT2D eigenvalue weighted by Crippen LogP contribution is 2.26. The molecule has 28 heavy (non-hydrogen) atoms. The molecule has 1 heterocycles. The summed E-state index contributed by atoms with van der Waals surface area (Å²) in [6, 6.07) is 15.3. The van der Waals surface area contributed by atoms with Gasteiger partial charge in [-0.15, -0.1) is 0 Å². The van der Waals surface area contributed by atoms with Crippen LogP contribution in [0, 0.1) is 5.92 Å². The molecule has 0 bridgehead atoms. The average Bonchev–Trinajstić information content (AvgIpc) is 3.10. The number of anilines is 1. The standard InChI is InChI=1S/C22H25N3O3/c1-15(2)17-6-4-16(5-7-17)13-23-24-22(27)18-12-21(26)25(14-18)19-8-10-20(28-3)11-9-19/h4-11,13,15,18H,12,14H2,1-3H3,(H,24,27)/b23-13+/t18-/m1/s1. The number of nitrogens with zero attached hydrogens (tertiary/aromatic N) is 2. The lowest BCUT2D eigenvalue weighted by molar-refractivity contribution is -0.126. The van der Waals surface area contributed by atoms with Crippen LogP contribution in [-0.4, -0.2) is 31.7 Å². The van der Waals surface area contributed by atoms with E-state index in [2.05, 4.69) is 36.5 Å². The lowest BCUT2D eigenvalue weighted by Gasteiger charge is -2.16. The van der Waals surface area contributed by atoms with Gasteiger partial charge in [-0.25, -0.2) is 5.43 Å². The first kappa shape index (κ1) is 19.6. The van der Waals surface area contributed by atoms with Crippen LogP contribution >= 0.6 is 0 Å². The van der Waals surface area contributed by atoms with E-state index in [0.29, 0.717) is 12.5 Å². The van der Waals surface area contributed by atoms with Gasteiger partial charge in [-0.2, -0.15) is 5.10 Å². The van der Waals surface area contributed by atoms with E-state index in [1.54, 1.807) is 30.4 Å². The molecule has 2 amide bonds. The Morgan fingerprint density at radius 2 is 1.86 bits per heavy atom. The number of benzene rings is 2. The Morgan fingerprint density at radius 1 is 1.18 bits per heavy atom. The zero-order valence-electron chi connectivity index (χ0n) is 16.4. The van der Waals surface area contributed by atoms with Gasteiger partial charge in [0.25, 0.3) is 0 Å². The molecule has 0 radical (unpaired) electrons. The Balaban J connectivity index is 1.56. The van der Waals surface area contributed by atoms with Crippen molar-refractivity contribution in [2.24, 2.45) is 11.0 Å². The van der Waals surface area contributed by atoms with Crippen molar-refractivity contribution in [2.45, 2.75) is 26.2 Å². The van der Waals surface area contributed by atoms with Gasteiger partial charge in [0.05, 0.1) is 19.2 Å². The maximum absolute atomic E-state index is 12.4. The highest BCUT2D eigenvalue weighted by atomic mass is 16.5. The maximum Gasteiger partial charge on any atom is 0.245 e. The van der Waals surface area contributed by atoms with Gasteiger partial charge < -0.3 is 9.64 Å². The SMILES string of the molecule is COc1ccc(N2C[C@H](C(=O)N/N=C/c3ccc(C(C)C)cc3)CC2=O)cc1. The number of hydrogen-bond acceptors (Lipinski definition) is 4. The van der Waals surface area contributed by atoms with Crippen molar-refractivity contribution >= 4 is 23.7 Å². The molecule has 1 aliphatic heterocycles. The first-order valence-electron chi connectivity index (χ1n) is 9.35. The van der Waals surface area contributed by atoms with Crippen molar-refractivity contribution < 1.29 is 14.3 Å². The summed E-state index contributed by atoms with van der Waals surface area (Å²) in [6.45, 7) is 4.62. The number of methoxy groups -OCH3 is 1. The van der Waals surface area contributed by atoms with Crippen molar-refractivity contribution in [1.82, 2.24) is 5.43 Å². The molecule has 0 aromatic heterocycles. The summed E-state index contributed by atoms with van der Waals surface area (Å²) in [6.07, 6.45) is 1.79. The van der Waals surface area contributed by atoms with Crippen LogP contribution in [-0.2, 0) is 9.59 Å². The minimum absolute atomic E-state index is 0.0708. The Hall–Kier alpha value is -3.15. The van der Waals surface area contributed by atoms with Crippen LogP contribution in [0.15, 0.2) is 53.6 Å². The lowest BCUT2D eigenvalue weighted by atomic mass is 10.0. The molecule has 6 nitrogen and oxygen atoms in total. The minimum Gasteiger partial charge on any atom is -0.497 e. The Kier molecular flexibility index (Phi) is 6.09. The molecule has 0 aliphatic carbocycles. The molecule has 1 N–H and O–H groups in total. The number of hydrogen-bond donors (Lipinski definition) is 1. The number of ether oxygens (including phenoxy) is 1. The van der Waals surface area contributed by atoms with Gasteiger partial charge in [-0.05, 0) is 41.3 Å². The van der Waals surface area contributed by atoms with E-state index >= 15 is 0 Å². The number of amides is 2. The summed E-state index contributed by atoms with van der Waals surface area (Å²) in [7, 11) is 1.59. The van der Waals surface area contributed by atoms with Crippen LogP contribution in [0.4, 0.5) is 5.69 Å². The quantitative estimate of drug-likeness (QED) is 0.618. The minimum atomic E-state index is -0.421. The van der Waals surface area contributed by atoms with E-state index in [1.165, 1.54) is 5.56 Å². The van der Waals surface area contributed by atoms with Gasteiger partial charge in [-0.1, -0.05) is 38.1 Å². The summed E-state index contributed by atoms with van der Waals surface area (Å²) in [4.78, 5) is 26.3. The largest absolute Gasteiger partial charge is 0.497 e. The fourth-order valence-electron chi connectivity index (χ4n) is 3.12. The normalized spacial score (nSPS) is 16.8. The summed E-state index contributed by atoms with van der Waals surface area (Å²) in [5.41, 5.74) is 5.48. The van der Waals surface area contributed by atoms with Gasteiger partial charge in [0.15, 0.2) is 0 Å². The van der Waals surface area contributed by atoms with Crippen molar-refractivity contribution in [3.63, 3.8) is 0 Å². The molecule has 146 valence electrons. The molecule has 2 aromatic rings. The highest BCUT2D eigenvalue weighted by Gasteiger charge is 2.35. The van der Waals surface area contributed by atoms with Crippen LogP contribution in [0.25, 0.3) is 0 Å². The van der Waals surface area contributed by atoms with Crippen molar-refractivity contribution in [1.29, 1.82) is 0 Å². The lowest BCUT2D eigenvalue weighted by Crippen LogP contribution is -2.30. The summed E-state index contributed by atoms with van der Waals surface area (Å²) in [5.74, 6) is 0.452. The van der Waals surface area contributed by atoms with Crippen molar-refractivity contribution in [2.75, 3.05) is 18.6 Å². The first-order valence-corrected chi connectivity index (χ1v) is 9.35. The molecule has 0 spiro atoms. The molecule has 1 aliphatic rings. The van der Waals surface area contributed by atoms with Gasteiger partial charge in [0, 0.05) is 18.7 Å². The molecule has 1 atom stereocenters. The van der Waals surface area contributed by atoms with E-state index in [1.807, 2.05) is 24.3 Å². The Bertz CT molecular complexity index is 858. The predicted octanol–water partition coefficient (Wildman–Crippen LogP) is 3.32. The molecule has 0 saturated carbocycles. The third-order valence-corrected chi connectivity index (χ3v) is 4.87. The van der Waals surface area contributed by atoms with E-state index in [4.69, 9.17) is 4.74 Å². The van der Waals surface area contributed by atoms with Crippen LogP contribution in [0.3, 0.4) is 0 Å². The summed E-state index contributed by atoms with van der Waals surface area (Å²) < 4.78 is 5.13. The van der Waals surface area contributed by atoms with Gasteiger partial charge in [0.2, 0.25) is 11.8 Å². The molecular formula is C22H25N3O3. The summed E-state index contributed by atoms with van der Waals surface area (Å²) in [5, 5.41) is 4.04. The van der Waals surface area contributed by atoms with E-state index in [9.17, 15) is 9.59 Å². The van der Waals surface area contributed by atoms with Crippen LogP contribution in [0.1, 0.15) is 37.3 Å². The average molecular weight is 379 g/mol. The van der Waals surface area contributed by atoms with Crippen molar-refractivity contribution in [3.05, 3.63) is 59.7 Å². The fraction of sp³-hybridized carbons (Fsp3) is 0.318. The predicted molar refractivity (Wildman–Crippen MR) is 110 cm³/mol. The van der Waals surface area contributed by atoms with Gasteiger partial charge >= 0.3 is 0 Å². The number of rotatable bonds is 6. The Morgan fingerprint density at radius 3 is 2.46 bits per heavy atom. The summed E-state index contributed by atoms with van der Waals surface area (Å²) >= 11 is 0. The smallest absolute Gasteiger partial charge is 0.245 e. The van der Waals surface area contributed by atoms with Crippen LogP contribution < -0.4 is 15.1 Å². The van der Waals surface area contributed by atoms with Crippen LogP contribution in [0.5, 0.6) is 5.75 Å². The maximum atomic E-state index is 12.4. The second-order valence-corrected chi connectivity index (χ2v) is 7.16. The Labute approximate surface area is 165 Å². The second-order valence-electron chi connectivity index (χ2n) is 7.16. The monoisotopic (exact) mass is 379 g/mol. The second kappa shape index (κ2) is 8.69. The zero-order chi connectivity index (χ0) is 20.1. The fourth-order valence-corrected chi connectivity index (χ4v) is 3.12. The number of carbonyl (C=O) groups is 2. The van der Waals surface area contributed by atoms with E-state index in [-0.39, 0.29) is 18.2 Å². The molecule has 6 heteroatoms. The molecule has 2 aromatic carbocycles. The van der Waals surface area contributed by atoms with Gasteiger partial charge in [-0.3, -0.25) is 9.59 Å². The number of nitrogens with one attached hydrogen (secondary N) is 1. The molecular weight excluding hydrogens is 354 g/mol. The topological polar surface area (TPSA) is 71.0 Å². The molecule has 1 fully saturated rings. The number of carbonyl (C=O) groups excluding carboxylic acids is 2. The van der Waals surface area contributed by atoms with E-state index in [0.717, 1.165) is 17.0 Å². The first-order chi connectivity index (χ1) is 13.5. The third kappa shape index (κ3) is 4.57. The van der Waals surface area contributed by atoms with E-state index < -0.39 is 5.92 Å². The number of hydrazone groups is 1.